The van der Waals surface area contributed by atoms with Crippen LogP contribution in [0.1, 0.15) is 26.2 Å². The van der Waals surface area contributed by atoms with Gasteiger partial charge in [0.2, 0.25) is 17.7 Å². The smallest absolute Gasteiger partial charge is 0.432 e. The van der Waals surface area contributed by atoms with Crippen LogP contribution in [0.15, 0.2) is 24.3 Å². The Kier molecular flexibility index (Phi) is 9.59. The minimum absolute atomic E-state index is 0.0558. The van der Waals surface area contributed by atoms with Crippen molar-refractivity contribution in [2.24, 2.45) is 23.3 Å². The van der Waals surface area contributed by atoms with E-state index < -0.39 is 78.9 Å². The van der Waals surface area contributed by atoms with Crippen molar-refractivity contribution >= 4 is 47.2 Å². The second-order valence-corrected chi connectivity index (χ2v) is 10.1. The van der Waals surface area contributed by atoms with Gasteiger partial charge in [0.1, 0.15) is 0 Å². The molecule has 1 aliphatic heterocycles. The SMILES string of the molecule is CCC(=O)N(C(=O)NCC(F)(F)C(F)(F)F)[C@@]1(C(C(N)=O)C(N)=O)CN(OC(=O)OCC2CC2)c2ccccc2N(C)C1=O. The van der Waals surface area contributed by atoms with E-state index in [9.17, 15) is 50.7 Å². The highest BCUT2D eigenvalue weighted by molar-refractivity contribution is 6.16. The van der Waals surface area contributed by atoms with Crippen LogP contribution in [-0.4, -0.2) is 85.1 Å². The molecule has 0 aromatic heterocycles. The average Bonchev–Trinajstić information content (AvgIpc) is 3.77. The molecular formula is C25H29F5N6O8. The van der Waals surface area contributed by atoms with Gasteiger partial charge in [-0.3, -0.25) is 19.2 Å². The Bertz CT molecular complexity index is 1330. The van der Waals surface area contributed by atoms with E-state index in [1.165, 1.54) is 29.6 Å². The zero-order chi connectivity index (χ0) is 33.2. The van der Waals surface area contributed by atoms with Gasteiger partial charge >= 0.3 is 24.3 Å². The van der Waals surface area contributed by atoms with Gasteiger partial charge < -0.3 is 31.3 Å². The molecule has 1 aliphatic carbocycles. The average molecular weight is 637 g/mol. The number of nitrogens with one attached hydrogen (secondary N) is 1. The number of urea groups is 1. The van der Waals surface area contributed by atoms with Crippen LogP contribution in [0.3, 0.4) is 0 Å². The number of imide groups is 1. The van der Waals surface area contributed by atoms with E-state index in [2.05, 4.69) is 0 Å². The summed E-state index contributed by atoms with van der Waals surface area (Å²) in [6.45, 7) is -2.61. The number of benzene rings is 1. The first-order chi connectivity index (χ1) is 20.4. The van der Waals surface area contributed by atoms with Crippen LogP contribution in [0.2, 0.25) is 0 Å². The number of anilines is 2. The summed E-state index contributed by atoms with van der Waals surface area (Å²) in [6.07, 6.45) is -6.65. The van der Waals surface area contributed by atoms with Crippen LogP contribution in [-0.2, 0) is 28.8 Å². The molecule has 14 nitrogen and oxygen atoms in total. The van der Waals surface area contributed by atoms with Crippen LogP contribution >= 0.6 is 0 Å². The summed E-state index contributed by atoms with van der Waals surface area (Å²) in [7, 11) is 1.06. The van der Waals surface area contributed by atoms with Gasteiger partial charge in [-0.2, -0.15) is 27.0 Å². The van der Waals surface area contributed by atoms with E-state index in [0.29, 0.717) is 5.06 Å². The van der Waals surface area contributed by atoms with Crippen molar-refractivity contribution in [2.45, 2.75) is 43.8 Å². The number of hydroxylamine groups is 1. The fourth-order valence-corrected chi connectivity index (χ4v) is 4.56. The lowest BCUT2D eigenvalue weighted by atomic mass is 9.79. The van der Waals surface area contributed by atoms with Crippen LogP contribution in [0.25, 0.3) is 0 Å². The van der Waals surface area contributed by atoms with Crippen molar-refractivity contribution in [1.82, 2.24) is 10.2 Å². The largest absolute Gasteiger partial charge is 0.533 e. The van der Waals surface area contributed by atoms with Gasteiger partial charge in [0.15, 0.2) is 11.5 Å². The molecule has 2 aliphatic rings. The molecule has 242 valence electrons. The molecule has 5 N–H and O–H groups in total. The van der Waals surface area contributed by atoms with E-state index in [0.717, 1.165) is 31.7 Å². The Balaban J connectivity index is 2.25. The van der Waals surface area contributed by atoms with E-state index in [1.807, 2.05) is 0 Å². The predicted octanol–water partition coefficient (Wildman–Crippen LogP) is 1.42. The summed E-state index contributed by atoms with van der Waals surface area (Å²) in [4.78, 5) is 85.0. The number of ether oxygens (including phenoxy) is 1. The maximum Gasteiger partial charge on any atom is 0.533 e. The Hall–Kier alpha value is -4.71. The summed E-state index contributed by atoms with van der Waals surface area (Å²) < 4.78 is 71.2. The zero-order valence-corrected chi connectivity index (χ0v) is 23.4. The van der Waals surface area contributed by atoms with E-state index in [1.54, 1.807) is 0 Å². The molecule has 6 amide bonds. The number of halogens is 5. The number of carbonyl (C=O) groups excluding carboxylic acids is 6. The maximum atomic E-state index is 14.3. The molecular weight excluding hydrogens is 607 g/mol. The normalized spacial score (nSPS) is 18.7. The molecule has 0 spiro atoms. The lowest BCUT2D eigenvalue weighted by Crippen LogP contribution is -2.74. The Labute approximate surface area is 246 Å². The van der Waals surface area contributed by atoms with Gasteiger partial charge in [0.05, 0.1) is 31.1 Å². The molecule has 1 heterocycles. The number of primary amides is 2. The standard InChI is InChI=1S/C25H29F5N6O8/c1-3-16(37)36(21(41)33-11-24(26,27)25(28,29)30)23(17(18(31)38)19(32)39)12-35(44-22(42)43-10-13-8-9-13)15-7-5-4-6-14(15)34(2)20(23)40/h4-7,13,17H,3,8-12H2,1-2H3,(H2,31,38)(H2,32,39)(H,33,41)/t23-/m1/s1. The van der Waals surface area contributed by atoms with Crippen LogP contribution in [0.4, 0.5) is 42.9 Å². The molecule has 0 saturated heterocycles. The lowest BCUT2D eigenvalue weighted by molar-refractivity contribution is -0.278. The van der Waals surface area contributed by atoms with Gasteiger partial charge in [0, 0.05) is 13.5 Å². The first kappa shape index (κ1) is 33.8. The number of amides is 6. The lowest BCUT2D eigenvalue weighted by Gasteiger charge is -2.45. The fourth-order valence-electron chi connectivity index (χ4n) is 4.56. The molecule has 1 atom stereocenters. The highest BCUT2D eigenvalue weighted by Crippen LogP contribution is 2.41. The number of para-hydroxylation sites is 2. The topological polar surface area (TPSA) is 195 Å². The van der Waals surface area contributed by atoms with Crippen molar-refractivity contribution in [3.05, 3.63) is 24.3 Å². The van der Waals surface area contributed by atoms with Crippen molar-refractivity contribution in [2.75, 3.05) is 36.7 Å². The number of alkyl halides is 5. The summed E-state index contributed by atoms with van der Waals surface area (Å²) in [5.74, 6) is -14.3. The second-order valence-electron chi connectivity index (χ2n) is 10.1. The van der Waals surface area contributed by atoms with E-state index in [-0.39, 0.29) is 28.8 Å². The third-order valence-corrected chi connectivity index (χ3v) is 6.97. The molecule has 3 rings (SSSR count). The molecule has 0 bridgehead atoms. The van der Waals surface area contributed by atoms with Gasteiger partial charge in [-0.05, 0) is 30.9 Å². The monoisotopic (exact) mass is 636 g/mol. The summed E-state index contributed by atoms with van der Waals surface area (Å²) >= 11 is 0. The molecule has 1 fully saturated rings. The first-order valence-corrected chi connectivity index (χ1v) is 13.0. The fraction of sp³-hybridized carbons (Fsp3) is 0.520. The van der Waals surface area contributed by atoms with Crippen LogP contribution < -0.4 is 26.7 Å². The van der Waals surface area contributed by atoms with Gasteiger partial charge in [-0.1, -0.05) is 19.1 Å². The van der Waals surface area contributed by atoms with Crippen molar-refractivity contribution in [1.29, 1.82) is 0 Å². The second kappa shape index (κ2) is 12.5. The van der Waals surface area contributed by atoms with Crippen molar-refractivity contribution in [3.8, 4) is 0 Å². The molecule has 0 unspecified atom stereocenters. The first-order valence-electron chi connectivity index (χ1n) is 13.0. The Morgan fingerprint density at radius 1 is 1.07 bits per heavy atom. The number of rotatable bonds is 10. The molecule has 19 heteroatoms. The summed E-state index contributed by atoms with van der Waals surface area (Å²) in [6, 6.07) is 3.38. The number of nitrogens with zero attached hydrogens (tertiary/aromatic N) is 3. The number of carbonyl (C=O) groups is 6. The quantitative estimate of drug-likeness (QED) is 0.193. The van der Waals surface area contributed by atoms with Crippen LogP contribution in [0, 0.1) is 11.8 Å². The van der Waals surface area contributed by atoms with E-state index >= 15 is 0 Å². The maximum absolute atomic E-state index is 14.3. The highest BCUT2D eigenvalue weighted by atomic mass is 19.4. The molecule has 1 saturated carbocycles. The van der Waals surface area contributed by atoms with E-state index in [4.69, 9.17) is 21.0 Å². The summed E-state index contributed by atoms with van der Waals surface area (Å²) in [5.41, 5.74) is 7.44. The number of nitrogens with two attached hydrogens (primary N) is 2. The third-order valence-electron chi connectivity index (χ3n) is 6.97. The van der Waals surface area contributed by atoms with Gasteiger partial charge in [-0.25, -0.2) is 14.5 Å². The predicted molar refractivity (Wildman–Crippen MR) is 139 cm³/mol. The number of fused-ring (bicyclic) bond motifs is 1. The van der Waals surface area contributed by atoms with Crippen LogP contribution in [0.5, 0.6) is 0 Å². The zero-order valence-electron chi connectivity index (χ0n) is 23.4. The number of hydrogen-bond acceptors (Lipinski definition) is 9. The minimum atomic E-state index is -6.13. The van der Waals surface area contributed by atoms with Gasteiger partial charge in [0.25, 0.3) is 5.91 Å². The molecule has 0 radical (unpaired) electrons. The number of hydrogen-bond donors (Lipinski definition) is 3. The minimum Gasteiger partial charge on any atom is -0.432 e. The molecule has 1 aromatic rings. The highest BCUT2D eigenvalue weighted by Gasteiger charge is 2.64. The summed E-state index contributed by atoms with van der Waals surface area (Å²) in [5, 5.41) is 1.84. The molecule has 1 aromatic carbocycles. The molecule has 44 heavy (non-hydrogen) atoms. The van der Waals surface area contributed by atoms with Crippen molar-refractivity contribution in [3.63, 3.8) is 0 Å². The third kappa shape index (κ3) is 6.60. The van der Waals surface area contributed by atoms with Gasteiger partial charge in [-0.15, -0.1) is 0 Å². The number of likely N-dealkylation sites (N-methyl/N-ethyl adjacent to an activating group) is 1. The van der Waals surface area contributed by atoms with Crippen molar-refractivity contribution < 1.29 is 60.3 Å². The Morgan fingerprint density at radius 2 is 1.64 bits per heavy atom. The Morgan fingerprint density at radius 3 is 2.14 bits per heavy atom.